The number of amides is 2. The molecule has 2 N–H and O–H groups in total. The molecule has 0 radical (unpaired) electrons. The smallest absolute Gasteiger partial charge is 0.253 e. The van der Waals surface area contributed by atoms with Gasteiger partial charge in [0, 0.05) is 6.54 Å². The second-order valence-corrected chi connectivity index (χ2v) is 9.70. The van der Waals surface area contributed by atoms with Crippen LogP contribution in [0.1, 0.15) is 34.5 Å². The molecule has 0 spiro atoms. The highest BCUT2D eigenvalue weighted by atomic mass is 32.2. The lowest BCUT2D eigenvalue weighted by molar-refractivity contribution is -0.116. The summed E-state index contributed by atoms with van der Waals surface area (Å²) in [6.07, 6.45) is 1.07. The largest absolute Gasteiger partial charge is 0.345 e. The van der Waals surface area contributed by atoms with Crippen molar-refractivity contribution in [2.24, 2.45) is 0 Å². The maximum absolute atomic E-state index is 12.9. The second-order valence-electron chi connectivity index (χ2n) is 7.72. The molecule has 0 saturated heterocycles. The van der Waals surface area contributed by atoms with E-state index in [4.69, 9.17) is 0 Å². The van der Waals surface area contributed by atoms with Gasteiger partial charge in [-0.2, -0.15) is 4.31 Å². The van der Waals surface area contributed by atoms with Crippen molar-refractivity contribution >= 4 is 27.5 Å². The van der Waals surface area contributed by atoms with Crippen LogP contribution in [0.15, 0.2) is 84.9 Å². The van der Waals surface area contributed by atoms with E-state index >= 15 is 0 Å². The van der Waals surface area contributed by atoms with Crippen LogP contribution in [0.3, 0.4) is 0 Å². The molecule has 0 unspecified atom stereocenters. The lowest BCUT2D eigenvalue weighted by atomic mass is 10.1. The zero-order valence-electron chi connectivity index (χ0n) is 18.6. The highest BCUT2D eigenvalue weighted by molar-refractivity contribution is 7.88. The van der Waals surface area contributed by atoms with Gasteiger partial charge in [-0.1, -0.05) is 72.8 Å². The molecule has 0 fully saturated rings. The summed E-state index contributed by atoms with van der Waals surface area (Å²) in [6.45, 7) is 1.58. The first-order chi connectivity index (χ1) is 15.7. The topological polar surface area (TPSA) is 95.6 Å². The van der Waals surface area contributed by atoms with Crippen LogP contribution in [0.5, 0.6) is 0 Å². The van der Waals surface area contributed by atoms with Gasteiger partial charge in [-0.15, -0.1) is 0 Å². The number of para-hydroxylation sites is 1. The van der Waals surface area contributed by atoms with E-state index in [2.05, 4.69) is 10.6 Å². The number of nitrogens with one attached hydrogen (secondary N) is 2. The number of carbonyl (C=O) groups is 2. The van der Waals surface area contributed by atoms with Crippen molar-refractivity contribution in [1.82, 2.24) is 9.62 Å². The molecule has 0 aromatic heterocycles. The molecule has 8 heteroatoms. The van der Waals surface area contributed by atoms with Crippen molar-refractivity contribution in [2.75, 3.05) is 18.1 Å². The standard InChI is InChI=1S/C25H27N3O4S/c1-19(21-13-7-4-8-14-21)26-25(30)22-15-9-10-16-23(22)27-24(29)18-28(33(2,31)32)17-20-11-5-3-6-12-20/h3-16,19H,17-18H2,1-2H3,(H,26,30)(H,27,29)/t19-/m1/s1. The number of anilines is 1. The summed E-state index contributed by atoms with van der Waals surface area (Å²) in [5.74, 6) is -0.876. The third kappa shape index (κ3) is 7.00. The number of hydrogen-bond acceptors (Lipinski definition) is 4. The summed E-state index contributed by atoms with van der Waals surface area (Å²) >= 11 is 0. The van der Waals surface area contributed by atoms with Gasteiger partial charge in [0.25, 0.3) is 5.91 Å². The maximum Gasteiger partial charge on any atom is 0.253 e. The third-order valence-electron chi connectivity index (χ3n) is 5.08. The van der Waals surface area contributed by atoms with Gasteiger partial charge in [0.2, 0.25) is 15.9 Å². The summed E-state index contributed by atoms with van der Waals surface area (Å²) in [5, 5.41) is 5.61. The van der Waals surface area contributed by atoms with Gasteiger partial charge < -0.3 is 10.6 Å². The SMILES string of the molecule is C[C@@H](NC(=O)c1ccccc1NC(=O)CN(Cc1ccccc1)S(C)(=O)=O)c1ccccc1. The molecule has 7 nitrogen and oxygen atoms in total. The molecule has 2 amide bonds. The summed E-state index contributed by atoms with van der Waals surface area (Å²) in [5.41, 5.74) is 2.33. The van der Waals surface area contributed by atoms with Crippen molar-refractivity contribution < 1.29 is 18.0 Å². The molecule has 1 atom stereocenters. The van der Waals surface area contributed by atoms with Gasteiger partial charge in [-0.25, -0.2) is 8.42 Å². The van der Waals surface area contributed by atoms with E-state index in [-0.39, 0.29) is 25.0 Å². The van der Waals surface area contributed by atoms with Gasteiger partial charge in [-0.05, 0) is 30.2 Å². The van der Waals surface area contributed by atoms with Crippen LogP contribution < -0.4 is 10.6 Å². The zero-order chi connectivity index (χ0) is 23.8. The first-order valence-electron chi connectivity index (χ1n) is 10.5. The minimum Gasteiger partial charge on any atom is -0.345 e. The monoisotopic (exact) mass is 465 g/mol. The molecule has 0 heterocycles. The minimum absolute atomic E-state index is 0.0732. The molecule has 3 aromatic carbocycles. The van der Waals surface area contributed by atoms with Gasteiger partial charge in [-0.3, -0.25) is 9.59 Å². The maximum atomic E-state index is 12.9. The van der Waals surface area contributed by atoms with Gasteiger partial charge in [0.1, 0.15) is 0 Å². The zero-order valence-corrected chi connectivity index (χ0v) is 19.4. The number of rotatable bonds is 9. The Morgan fingerprint density at radius 2 is 1.45 bits per heavy atom. The van der Waals surface area contributed by atoms with Crippen molar-refractivity contribution in [1.29, 1.82) is 0 Å². The Morgan fingerprint density at radius 3 is 2.09 bits per heavy atom. The summed E-state index contributed by atoms with van der Waals surface area (Å²) in [4.78, 5) is 25.6. The predicted molar refractivity (Wildman–Crippen MR) is 129 cm³/mol. The summed E-state index contributed by atoms with van der Waals surface area (Å²) in [6, 6.07) is 25.0. The molecule has 0 aliphatic heterocycles. The van der Waals surface area contributed by atoms with E-state index in [1.807, 2.05) is 43.3 Å². The first-order valence-corrected chi connectivity index (χ1v) is 12.3. The van der Waals surface area contributed by atoms with Crippen LogP contribution in [0, 0.1) is 0 Å². The molecule has 0 bridgehead atoms. The van der Waals surface area contributed by atoms with E-state index in [9.17, 15) is 18.0 Å². The van der Waals surface area contributed by atoms with Crippen molar-refractivity contribution in [2.45, 2.75) is 19.5 Å². The number of nitrogens with zero attached hydrogens (tertiary/aromatic N) is 1. The summed E-state index contributed by atoms with van der Waals surface area (Å²) in [7, 11) is -3.63. The van der Waals surface area contributed by atoms with Crippen LogP contribution in [-0.4, -0.2) is 37.3 Å². The molecule has 0 saturated carbocycles. The minimum atomic E-state index is -3.63. The molecule has 33 heavy (non-hydrogen) atoms. The van der Waals surface area contributed by atoms with Crippen LogP contribution in [-0.2, 0) is 21.4 Å². The molecular weight excluding hydrogens is 438 g/mol. The number of benzene rings is 3. The summed E-state index contributed by atoms with van der Waals surface area (Å²) < 4.78 is 25.6. The molecule has 0 aliphatic carbocycles. The van der Waals surface area contributed by atoms with Crippen LogP contribution in [0.2, 0.25) is 0 Å². The van der Waals surface area contributed by atoms with Gasteiger partial charge >= 0.3 is 0 Å². The first kappa shape index (κ1) is 24.2. The van der Waals surface area contributed by atoms with Gasteiger partial charge in [0.15, 0.2) is 0 Å². The Balaban J connectivity index is 1.71. The average molecular weight is 466 g/mol. The van der Waals surface area contributed by atoms with Crippen molar-refractivity contribution in [3.63, 3.8) is 0 Å². The normalized spacial score (nSPS) is 12.2. The number of hydrogen-bond donors (Lipinski definition) is 2. The van der Waals surface area contributed by atoms with E-state index in [0.717, 1.165) is 21.7 Å². The lowest BCUT2D eigenvalue weighted by Crippen LogP contribution is -2.37. The molecule has 3 aromatic rings. The number of carbonyl (C=O) groups excluding carboxylic acids is 2. The van der Waals surface area contributed by atoms with Crippen molar-refractivity contribution in [3.8, 4) is 0 Å². The van der Waals surface area contributed by atoms with Crippen molar-refractivity contribution in [3.05, 3.63) is 102 Å². The Bertz CT molecular complexity index is 1200. The van der Waals surface area contributed by atoms with E-state index in [1.54, 1.807) is 48.5 Å². The fourth-order valence-corrected chi connectivity index (χ4v) is 4.05. The molecule has 0 aliphatic rings. The molecule has 3 rings (SSSR count). The lowest BCUT2D eigenvalue weighted by Gasteiger charge is -2.20. The predicted octanol–water partition coefficient (Wildman–Crippen LogP) is 3.58. The fourth-order valence-electron chi connectivity index (χ4n) is 3.32. The third-order valence-corrected chi connectivity index (χ3v) is 6.28. The van der Waals surface area contributed by atoms with Crippen LogP contribution >= 0.6 is 0 Å². The molecule has 172 valence electrons. The van der Waals surface area contributed by atoms with Crippen LogP contribution in [0.25, 0.3) is 0 Å². The second kappa shape index (κ2) is 10.9. The fraction of sp³-hybridized carbons (Fsp3) is 0.200. The Hall–Kier alpha value is -3.49. The highest BCUT2D eigenvalue weighted by Gasteiger charge is 2.22. The van der Waals surface area contributed by atoms with Gasteiger partial charge in [0.05, 0.1) is 30.1 Å². The quantitative estimate of drug-likeness (QED) is 0.505. The van der Waals surface area contributed by atoms with E-state index in [1.165, 1.54) is 0 Å². The van der Waals surface area contributed by atoms with E-state index in [0.29, 0.717) is 11.3 Å². The Morgan fingerprint density at radius 1 is 0.879 bits per heavy atom. The molecular formula is C25H27N3O4S. The number of sulfonamides is 1. The van der Waals surface area contributed by atoms with Crippen LogP contribution in [0.4, 0.5) is 5.69 Å². The Labute approximate surface area is 194 Å². The highest BCUT2D eigenvalue weighted by Crippen LogP contribution is 2.18. The average Bonchev–Trinajstić information content (AvgIpc) is 2.79. The Kier molecular flexibility index (Phi) is 7.97. The van der Waals surface area contributed by atoms with E-state index < -0.39 is 15.9 Å².